The number of morpholine rings is 1. The molecule has 0 unspecified atom stereocenters. The fourth-order valence-corrected chi connectivity index (χ4v) is 6.60. The highest BCUT2D eigenvalue weighted by Crippen LogP contribution is 2.22. The molecule has 4 N–H and O–H groups in total. The number of aliphatic hydroxyl groups excluding tert-OH is 1. The van der Waals surface area contributed by atoms with Gasteiger partial charge in [-0.25, -0.2) is 14.6 Å². The summed E-state index contributed by atoms with van der Waals surface area (Å²) in [6.45, 7) is 6.25. The molecule has 15 heteroatoms. The molecule has 52 heavy (non-hydrogen) atoms. The molecule has 4 aromatic rings. The number of amides is 3. The molecule has 0 aliphatic carbocycles. The number of hydrogen-bond acceptors (Lipinski definition) is 12. The fraction of sp³-hybridized carbons (Fsp3) is 0.432. The van der Waals surface area contributed by atoms with Crippen molar-refractivity contribution < 1.29 is 38.2 Å². The number of hydrogen-bond donors (Lipinski definition) is 4. The second-order valence-corrected chi connectivity index (χ2v) is 13.7. The molecule has 3 heterocycles. The van der Waals surface area contributed by atoms with Gasteiger partial charge in [-0.3, -0.25) is 4.79 Å². The molecule has 278 valence electrons. The maximum atomic E-state index is 13.8. The van der Waals surface area contributed by atoms with Crippen LogP contribution in [0.15, 0.2) is 82.8 Å². The molecule has 3 amide bonds. The summed E-state index contributed by atoms with van der Waals surface area (Å²) >= 11 is 1.47. The summed E-state index contributed by atoms with van der Waals surface area (Å²) in [5.74, 6) is -0.395. The zero-order valence-electron chi connectivity index (χ0n) is 29.3. The number of thiazole rings is 1. The van der Waals surface area contributed by atoms with Crippen LogP contribution < -0.4 is 20.9 Å². The molecule has 0 bridgehead atoms. The maximum Gasteiger partial charge on any atom is 0.408 e. The van der Waals surface area contributed by atoms with Gasteiger partial charge < -0.3 is 44.7 Å². The molecule has 14 nitrogen and oxygen atoms in total. The number of nitrogens with zero attached hydrogens (tertiary/aromatic N) is 3. The molecule has 2 aromatic carbocycles. The van der Waals surface area contributed by atoms with E-state index in [-0.39, 0.29) is 25.6 Å². The summed E-state index contributed by atoms with van der Waals surface area (Å²) < 4.78 is 21.2. The van der Waals surface area contributed by atoms with Crippen LogP contribution in [0.4, 0.5) is 14.7 Å². The Kier molecular flexibility index (Phi) is 14.4. The van der Waals surface area contributed by atoms with E-state index in [2.05, 4.69) is 31.0 Å². The summed E-state index contributed by atoms with van der Waals surface area (Å²) in [7, 11) is 0. The minimum Gasteiger partial charge on any atom is -0.443 e. The van der Waals surface area contributed by atoms with Gasteiger partial charge in [-0.1, -0.05) is 79.7 Å². The predicted octanol–water partition coefficient (Wildman–Crippen LogP) is 4.23. The van der Waals surface area contributed by atoms with Gasteiger partial charge in [-0.15, -0.1) is 11.3 Å². The smallest absolute Gasteiger partial charge is 0.408 e. The van der Waals surface area contributed by atoms with Crippen molar-refractivity contribution in [2.75, 3.05) is 31.2 Å². The lowest BCUT2D eigenvalue weighted by atomic mass is 9.93. The number of nitrogens with one attached hydrogen (secondary N) is 3. The highest BCUT2D eigenvalue weighted by Gasteiger charge is 2.31. The summed E-state index contributed by atoms with van der Waals surface area (Å²) in [5, 5.41) is 26.6. The molecular weight excluding hydrogens is 689 g/mol. The Morgan fingerprint density at radius 3 is 2.19 bits per heavy atom. The van der Waals surface area contributed by atoms with Crippen LogP contribution in [-0.4, -0.2) is 83.9 Å². The molecule has 5 rings (SSSR count). The lowest BCUT2D eigenvalue weighted by molar-refractivity contribution is -0.125. The van der Waals surface area contributed by atoms with Gasteiger partial charge in [0, 0.05) is 30.6 Å². The summed E-state index contributed by atoms with van der Waals surface area (Å²) in [5.41, 5.74) is 2.44. The van der Waals surface area contributed by atoms with E-state index in [1.54, 1.807) is 6.07 Å². The van der Waals surface area contributed by atoms with Crippen LogP contribution in [0.1, 0.15) is 42.8 Å². The number of carbonyl (C=O) groups is 3. The highest BCUT2D eigenvalue weighted by molar-refractivity contribution is 7.13. The summed E-state index contributed by atoms with van der Waals surface area (Å²) in [6, 6.07) is 18.3. The zero-order valence-corrected chi connectivity index (χ0v) is 30.1. The monoisotopic (exact) mass is 734 g/mol. The maximum absolute atomic E-state index is 13.8. The number of anilines is 1. The van der Waals surface area contributed by atoms with Crippen LogP contribution in [0.2, 0.25) is 0 Å². The molecule has 4 atom stereocenters. The molecule has 1 aliphatic heterocycles. The Hall–Kier alpha value is -4.99. The molecule has 1 saturated heterocycles. The number of benzene rings is 2. The van der Waals surface area contributed by atoms with Crippen molar-refractivity contribution >= 4 is 34.6 Å². The minimum atomic E-state index is -1.10. The molecule has 2 aromatic heterocycles. The lowest BCUT2D eigenvalue weighted by Gasteiger charge is -2.30. The molecule has 1 fully saturated rings. The molecule has 0 spiro atoms. The van der Waals surface area contributed by atoms with Crippen molar-refractivity contribution in [3.8, 4) is 0 Å². The molecule has 0 saturated carbocycles. The van der Waals surface area contributed by atoms with Gasteiger partial charge in [0.1, 0.15) is 12.6 Å². The SMILES string of the molecule is CC(C)[C@H](NC(=O)OCc1csc(N2CCOCC2)n1)C(=O)N[C@@H](Cc1ccccc1)[C@@H](O)C[C@H](Cc1ccccc1)NC(=O)OCc1ccno1. The van der Waals surface area contributed by atoms with E-state index in [1.165, 1.54) is 17.5 Å². The first-order valence-corrected chi connectivity index (χ1v) is 18.2. The van der Waals surface area contributed by atoms with Crippen LogP contribution >= 0.6 is 11.3 Å². The summed E-state index contributed by atoms with van der Waals surface area (Å²) in [4.78, 5) is 46.3. The number of alkyl carbamates (subject to hydrolysis) is 2. The standard InChI is InChI=1S/C37H46N6O8S/c1-25(2)33(42-37(47)49-22-29-24-52-35(39-29)43-15-17-48-18-16-43)34(45)41-31(20-27-11-7-4-8-12-27)32(44)21-28(19-26-9-5-3-6-10-26)40-36(46)50-23-30-13-14-38-51-30/h3-14,24-25,28,31-33,44H,15-23H2,1-2H3,(H,40,46)(H,41,45)(H,42,47)/t28-,31-,32-,33-/m0/s1. The second kappa shape index (κ2) is 19.6. The van der Waals surface area contributed by atoms with Gasteiger partial charge in [-0.2, -0.15) is 0 Å². The van der Waals surface area contributed by atoms with Crippen LogP contribution in [0.25, 0.3) is 0 Å². The third kappa shape index (κ3) is 12.1. The third-order valence-electron chi connectivity index (χ3n) is 8.50. The van der Waals surface area contributed by atoms with Gasteiger partial charge >= 0.3 is 12.2 Å². The number of carbonyl (C=O) groups excluding carboxylic acids is 3. The van der Waals surface area contributed by atoms with Crippen LogP contribution in [0.5, 0.6) is 0 Å². The van der Waals surface area contributed by atoms with Crippen LogP contribution in [0.3, 0.4) is 0 Å². The lowest BCUT2D eigenvalue weighted by Crippen LogP contribution is -2.56. The van der Waals surface area contributed by atoms with E-state index in [0.29, 0.717) is 37.5 Å². The van der Waals surface area contributed by atoms with Crippen molar-refractivity contribution in [2.24, 2.45) is 5.92 Å². The van der Waals surface area contributed by atoms with Gasteiger partial charge in [0.05, 0.1) is 37.3 Å². The number of aromatic nitrogens is 2. The Morgan fingerprint density at radius 1 is 0.885 bits per heavy atom. The average Bonchev–Trinajstić information content (AvgIpc) is 3.86. The van der Waals surface area contributed by atoms with Crippen molar-refractivity contribution in [1.82, 2.24) is 26.1 Å². The van der Waals surface area contributed by atoms with E-state index >= 15 is 0 Å². The zero-order chi connectivity index (χ0) is 36.7. The predicted molar refractivity (Wildman–Crippen MR) is 194 cm³/mol. The van der Waals surface area contributed by atoms with E-state index in [4.69, 9.17) is 18.7 Å². The first-order valence-electron chi connectivity index (χ1n) is 17.3. The van der Waals surface area contributed by atoms with Crippen molar-refractivity contribution in [3.05, 3.63) is 101 Å². The Morgan fingerprint density at radius 2 is 1.54 bits per heavy atom. The third-order valence-corrected chi connectivity index (χ3v) is 9.45. The van der Waals surface area contributed by atoms with Gasteiger partial charge in [0.15, 0.2) is 17.5 Å². The van der Waals surface area contributed by atoms with Crippen molar-refractivity contribution in [3.63, 3.8) is 0 Å². The highest BCUT2D eigenvalue weighted by atomic mass is 32.1. The number of aliphatic hydroxyl groups is 1. The average molecular weight is 735 g/mol. The topological polar surface area (TPSA) is 177 Å². The van der Waals surface area contributed by atoms with Gasteiger partial charge in [0.2, 0.25) is 5.91 Å². The minimum absolute atomic E-state index is 0.0505. The molecular formula is C37H46N6O8S. The number of rotatable bonds is 17. The van der Waals surface area contributed by atoms with Gasteiger partial charge in [-0.05, 0) is 36.3 Å². The second-order valence-electron chi connectivity index (χ2n) is 12.9. The van der Waals surface area contributed by atoms with Crippen molar-refractivity contribution in [2.45, 2.75) is 70.6 Å². The van der Waals surface area contributed by atoms with E-state index in [9.17, 15) is 19.5 Å². The van der Waals surface area contributed by atoms with Crippen LogP contribution in [0, 0.1) is 5.92 Å². The van der Waals surface area contributed by atoms with Crippen LogP contribution in [-0.2, 0) is 45.1 Å². The molecule has 0 radical (unpaired) electrons. The van der Waals surface area contributed by atoms with Gasteiger partial charge in [0.25, 0.3) is 0 Å². The quantitative estimate of drug-likeness (QED) is 0.122. The number of ether oxygens (including phenoxy) is 3. The normalized spacial score (nSPS) is 15.3. The first-order chi connectivity index (χ1) is 25.2. The molecule has 1 aliphatic rings. The Bertz CT molecular complexity index is 1670. The Labute approximate surface area is 306 Å². The van der Waals surface area contributed by atoms with E-state index < -0.39 is 42.3 Å². The summed E-state index contributed by atoms with van der Waals surface area (Å²) in [6.07, 6.45) is -0.303. The largest absolute Gasteiger partial charge is 0.443 e. The first kappa shape index (κ1) is 38.2. The fourth-order valence-electron chi connectivity index (χ4n) is 5.74. The van der Waals surface area contributed by atoms with E-state index in [1.807, 2.05) is 79.9 Å². The Balaban J connectivity index is 1.23. The van der Waals surface area contributed by atoms with Crippen molar-refractivity contribution in [1.29, 1.82) is 0 Å². The van der Waals surface area contributed by atoms with E-state index in [0.717, 1.165) is 29.3 Å².